The van der Waals surface area contributed by atoms with E-state index in [1.807, 2.05) is 25.1 Å². The lowest BCUT2D eigenvalue weighted by atomic mass is 9.96. The van der Waals surface area contributed by atoms with Gasteiger partial charge in [-0.15, -0.1) is 11.3 Å². The Morgan fingerprint density at radius 3 is 2.63 bits per heavy atom. The third kappa shape index (κ3) is 7.31. The minimum absolute atomic E-state index is 0.116. The van der Waals surface area contributed by atoms with Crippen LogP contribution in [0, 0.1) is 5.92 Å². The van der Waals surface area contributed by atoms with Gasteiger partial charge < -0.3 is 9.64 Å². The molecular formula is C27H31F2NO4S. The second-order valence-electron chi connectivity index (χ2n) is 8.88. The smallest absolute Gasteiger partial charge is 0.348 e. The Balaban J connectivity index is 1.52. The molecule has 0 saturated carbocycles. The summed E-state index contributed by atoms with van der Waals surface area (Å²) in [6.45, 7) is 1.99. The summed E-state index contributed by atoms with van der Waals surface area (Å²) in [7, 11) is 1.31. The Bertz CT molecular complexity index is 1050. The summed E-state index contributed by atoms with van der Waals surface area (Å²) < 4.78 is 33.0. The second kappa shape index (κ2) is 12.2. The number of nitrogens with zero attached hydrogens (tertiary/aromatic N) is 1. The van der Waals surface area contributed by atoms with Gasteiger partial charge in [0.15, 0.2) is 5.78 Å². The van der Waals surface area contributed by atoms with Gasteiger partial charge in [-0.25, -0.2) is 4.79 Å². The van der Waals surface area contributed by atoms with Crippen molar-refractivity contribution in [2.75, 3.05) is 13.7 Å². The van der Waals surface area contributed by atoms with Crippen molar-refractivity contribution in [3.05, 3.63) is 69.9 Å². The number of ketones is 1. The van der Waals surface area contributed by atoms with E-state index >= 15 is 0 Å². The highest BCUT2D eigenvalue weighted by atomic mass is 32.1. The number of halogens is 2. The number of benzene rings is 1. The summed E-state index contributed by atoms with van der Waals surface area (Å²) in [5.74, 6) is -5.38. The molecule has 35 heavy (non-hydrogen) atoms. The molecule has 8 heteroatoms. The van der Waals surface area contributed by atoms with Gasteiger partial charge in [0.25, 0.3) is 5.91 Å². The first-order chi connectivity index (χ1) is 16.7. The SMILES string of the molecule is COC(=O)c1ccc(CCCN2C(=O)C(F)(F)C[C@@H]2/C=C/C(=O)[C@@H](C)CCCc2ccccc2)s1. The fourth-order valence-corrected chi connectivity index (χ4v) is 5.14. The number of methoxy groups -OCH3 is 1. The van der Waals surface area contributed by atoms with Crippen LogP contribution >= 0.6 is 11.3 Å². The summed E-state index contributed by atoms with van der Waals surface area (Å²) in [6, 6.07) is 12.7. The first-order valence-electron chi connectivity index (χ1n) is 11.8. The number of hydrogen-bond donors (Lipinski definition) is 0. The van der Waals surface area contributed by atoms with Crippen LogP contribution in [0.15, 0.2) is 54.6 Å². The van der Waals surface area contributed by atoms with Crippen molar-refractivity contribution < 1.29 is 27.9 Å². The molecule has 1 aromatic heterocycles. The van der Waals surface area contributed by atoms with Gasteiger partial charge in [-0.1, -0.05) is 43.3 Å². The first kappa shape index (κ1) is 26.7. The van der Waals surface area contributed by atoms with Crippen LogP contribution in [0.5, 0.6) is 0 Å². The molecule has 5 nitrogen and oxygen atoms in total. The summed E-state index contributed by atoms with van der Waals surface area (Å²) in [6.07, 6.45) is 5.65. The molecular weight excluding hydrogens is 472 g/mol. The summed E-state index contributed by atoms with van der Waals surface area (Å²) in [5.41, 5.74) is 1.22. The van der Waals surface area contributed by atoms with E-state index in [1.165, 1.54) is 41.1 Å². The number of carbonyl (C=O) groups is 3. The van der Waals surface area contributed by atoms with E-state index in [-0.39, 0.29) is 18.2 Å². The van der Waals surface area contributed by atoms with Crippen LogP contribution < -0.4 is 0 Å². The normalized spacial score (nSPS) is 18.2. The number of alkyl halides is 2. The van der Waals surface area contributed by atoms with Crippen molar-refractivity contribution in [2.45, 2.75) is 57.4 Å². The molecule has 1 amide bonds. The van der Waals surface area contributed by atoms with Crippen LogP contribution in [0.1, 0.15) is 52.7 Å². The third-order valence-corrected chi connectivity index (χ3v) is 7.35. The molecule has 3 rings (SSSR count). The van der Waals surface area contributed by atoms with Crippen molar-refractivity contribution in [2.24, 2.45) is 5.92 Å². The van der Waals surface area contributed by atoms with E-state index in [9.17, 15) is 23.2 Å². The largest absolute Gasteiger partial charge is 0.465 e. The zero-order valence-corrected chi connectivity index (χ0v) is 20.9. The molecule has 188 valence electrons. The minimum atomic E-state index is -3.43. The Labute approximate surface area is 208 Å². The lowest BCUT2D eigenvalue weighted by Crippen LogP contribution is -2.36. The van der Waals surface area contributed by atoms with E-state index in [4.69, 9.17) is 4.74 Å². The van der Waals surface area contributed by atoms with Crippen molar-refractivity contribution in [3.63, 3.8) is 0 Å². The molecule has 0 aliphatic carbocycles. The Morgan fingerprint density at radius 2 is 1.91 bits per heavy atom. The van der Waals surface area contributed by atoms with E-state index in [2.05, 4.69) is 12.1 Å². The second-order valence-corrected chi connectivity index (χ2v) is 10.0. The quantitative estimate of drug-likeness (QED) is 0.284. The van der Waals surface area contributed by atoms with Crippen LogP contribution in [0.3, 0.4) is 0 Å². The van der Waals surface area contributed by atoms with E-state index < -0.39 is 30.3 Å². The van der Waals surface area contributed by atoms with E-state index in [1.54, 1.807) is 12.1 Å². The highest BCUT2D eigenvalue weighted by Gasteiger charge is 2.52. The zero-order chi connectivity index (χ0) is 25.4. The number of carbonyl (C=O) groups excluding carboxylic acids is 3. The van der Waals surface area contributed by atoms with Crippen molar-refractivity contribution in [1.82, 2.24) is 4.90 Å². The predicted molar refractivity (Wildman–Crippen MR) is 132 cm³/mol. The summed E-state index contributed by atoms with van der Waals surface area (Å²) in [4.78, 5) is 39.0. The molecule has 1 aliphatic heterocycles. The van der Waals surface area contributed by atoms with Crippen LogP contribution in [0.2, 0.25) is 0 Å². The number of aryl methyl sites for hydroxylation is 2. The molecule has 1 aliphatic rings. The fourth-order valence-electron chi connectivity index (χ4n) is 4.18. The van der Waals surface area contributed by atoms with E-state index in [0.717, 1.165) is 17.7 Å². The van der Waals surface area contributed by atoms with Crippen molar-refractivity contribution in [1.29, 1.82) is 0 Å². The number of likely N-dealkylation sites (tertiary alicyclic amines) is 1. The standard InChI is InChI=1S/C27H31F2NO4S/c1-19(8-6-11-20-9-4-3-5-10-20)23(31)15-13-21-18-27(28,29)26(33)30(21)17-7-12-22-14-16-24(35-22)25(32)34-2/h3-5,9-10,13-16,19,21H,6-8,11-12,17-18H2,1-2H3/b15-13+/t19-,21-/m0/s1. The lowest BCUT2D eigenvalue weighted by molar-refractivity contribution is -0.148. The Morgan fingerprint density at radius 1 is 1.17 bits per heavy atom. The highest BCUT2D eigenvalue weighted by Crippen LogP contribution is 2.34. The maximum absolute atomic E-state index is 14.2. The molecule has 0 unspecified atom stereocenters. The molecule has 1 fully saturated rings. The maximum atomic E-state index is 14.2. The van der Waals surface area contributed by atoms with Crippen LogP contribution in [0.4, 0.5) is 8.78 Å². The van der Waals surface area contributed by atoms with Crippen LogP contribution in [-0.4, -0.2) is 48.2 Å². The minimum Gasteiger partial charge on any atom is -0.465 e. The van der Waals surface area contributed by atoms with Crippen LogP contribution in [-0.2, 0) is 27.2 Å². The number of ether oxygens (including phenoxy) is 1. The van der Waals surface area contributed by atoms with Gasteiger partial charge in [0.05, 0.1) is 13.2 Å². The molecule has 0 bridgehead atoms. The highest BCUT2D eigenvalue weighted by molar-refractivity contribution is 7.13. The van der Waals surface area contributed by atoms with Gasteiger partial charge in [-0.2, -0.15) is 8.78 Å². The first-order valence-corrected chi connectivity index (χ1v) is 12.6. The zero-order valence-electron chi connectivity index (χ0n) is 20.0. The Hall–Kier alpha value is -2.87. The van der Waals surface area contributed by atoms with Crippen molar-refractivity contribution >= 4 is 29.0 Å². The number of esters is 1. The summed E-state index contributed by atoms with van der Waals surface area (Å²) in [5, 5.41) is 0. The number of amides is 1. The predicted octanol–water partition coefficient (Wildman–Crippen LogP) is 5.49. The Kier molecular flexibility index (Phi) is 9.32. The number of rotatable bonds is 12. The maximum Gasteiger partial charge on any atom is 0.348 e. The van der Waals surface area contributed by atoms with Gasteiger partial charge in [0.2, 0.25) is 0 Å². The van der Waals surface area contributed by atoms with Crippen LogP contribution in [0.25, 0.3) is 0 Å². The van der Waals surface area contributed by atoms with Gasteiger partial charge >= 0.3 is 11.9 Å². The fraction of sp³-hybridized carbons (Fsp3) is 0.444. The average Bonchev–Trinajstić information content (AvgIpc) is 3.40. The topological polar surface area (TPSA) is 63.7 Å². The molecule has 2 atom stereocenters. The van der Waals surface area contributed by atoms with Crippen molar-refractivity contribution in [3.8, 4) is 0 Å². The van der Waals surface area contributed by atoms with E-state index in [0.29, 0.717) is 24.1 Å². The monoisotopic (exact) mass is 503 g/mol. The number of hydrogen-bond acceptors (Lipinski definition) is 5. The van der Waals surface area contributed by atoms with Gasteiger partial charge in [-0.3, -0.25) is 9.59 Å². The molecule has 1 aromatic carbocycles. The number of allylic oxidation sites excluding steroid dienone is 1. The van der Waals surface area contributed by atoms with Gasteiger partial charge in [0.1, 0.15) is 4.88 Å². The average molecular weight is 504 g/mol. The third-order valence-electron chi connectivity index (χ3n) is 6.22. The lowest BCUT2D eigenvalue weighted by Gasteiger charge is -2.21. The molecule has 0 radical (unpaired) electrons. The summed E-state index contributed by atoms with van der Waals surface area (Å²) >= 11 is 1.29. The van der Waals surface area contributed by atoms with Gasteiger partial charge in [-0.05, 0) is 55.9 Å². The molecule has 0 spiro atoms. The molecule has 2 aromatic rings. The number of thiophene rings is 1. The molecule has 1 saturated heterocycles. The molecule has 0 N–H and O–H groups in total. The molecule has 2 heterocycles. The van der Waals surface area contributed by atoms with Gasteiger partial charge in [0, 0.05) is 23.8 Å².